The summed E-state index contributed by atoms with van der Waals surface area (Å²) in [6.07, 6.45) is 2.40. The Hall–Kier alpha value is -3.59. The Kier molecular flexibility index (Phi) is 7.09. The molecule has 9 heteroatoms. The van der Waals surface area contributed by atoms with Crippen LogP contribution in [0.25, 0.3) is 10.8 Å². The molecule has 0 saturated carbocycles. The van der Waals surface area contributed by atoms with Crippen molar-refractivity contribution in [2.45, 2.75) is 25.9 Å². The standard InChI is InChI=1S/C24H29N5O4/c1-32-21-10-9-17(15-22(21)33-2)26-24(31)25-16-20-18-7-3-4-8-19(18)23(30)29(27-20)14-13-28-11-5-6-12-28/h3-4,7-10,15H,5-6,11-14,16H2,1-2H3,(H2,25,26,31). The fraction of sp³-hybridized carbons (Fsp3) is 0.375. The number of aromatic nitrogens is 2. The highest BCUT2D eigenvalue weighted by Crippen LogP contribution is 2.29. The number of rotatable bonds is 8. The van der Waals surface area contributed by atoms with Crippen LogP contribution in [0, 0.1) is 0 Å². The molecule has 0 aliphatic carbocycles. The molecule has 0 unspecified atom stereocenters. The third-order valence-corrected chi connectivity index (χ3v) is 5.83. The van der Waals surface area contributed by atoms with Crippen LogP contribution >= 0.6 is 0 Å². The molecule has 1 aromatic heterocycles. The van der Waals surface area contributed by atoms with E-state index >= 15 is 0 Å². The fourth-order valence-electron chi connectivity index (χ4n) is 4.08. The van der Waals surface area contributed by atoms with Gasteiger partial charge in [-0.2, -0.15) is 5.10 Å². The number of amides is 2. The number of hydrogen-bond donors (Lipinski definition) is 2. The summed E-state index contributed by atoms with van der Waals surface area (Å²) < 4.78 is 12.0. The highest BCUT2D eigenvalue weighted by Gasteiger charge is 2.15. The van der Waals surface area contributed by atoms with Crippen molar-refractivity contribution in [1.29, 1.82) is 0 Å². The highest BCUT2D eigenvalue weighted by atomic mass is 16.5. The first kappa shape index (κ1) is 22.6. The number of benzene rings is 2. The van der Waals surface area contributed by atoms with E-state index in [4.69, 9.17) is 9.47 Å². The lowest BCUT2D eigenvalue weighted by molar-refractivity contribution is 0.251. The second-order valence-electron chi connectivity index (χ2n) is 7.95. The number of anilines is 1. The summed E-state index contributed by atoms with van der Waals surface area (Å²) in [5.74, 6) is 1.10. The highest BCUT2D eigenvalue weighted by molar-refractivity contribution is 5.90. The number of carbonyl (C=O) groups is 1. The van der Waals surface area contributed by atoms with Crippen molar-refractivity contribution in [3.05, 3.63) is 58.5 Å². The van der Waals surface area contributed by atoms with E-state index in [0.717, 1.165) is 25.0 Å². The first-order chi connectivity index (χ1) is 16.1. The van der Waals surface area contributed by atoms with Gasteiger partial charge in [-0.25, -0.2) is 9.48 Å². The maximum Gasteiger partial charge on any atom is 0.319 e. The van der Waals surface area contributed by atoms with Gasteiger partial charge in [-0.15, -0.1) is 0 Å². The summed E-state index contributed by atoms with van der Waals surface area (Å²) in [6.45, 7) is 3.62. The number of urea groups is 1. The number of fused-ring (bicyclic) bond motifs is 1. The zero-order valence-corrected chi connectivity index (χ0v) is 19.0. The van der Waals surface area contributed by atoms with Crippen LogP contribution in [0.5, 0.6) is 11.5 Å². The van der Waals surface area contributed by atoms with Crippen LogP contribution in [0.15, 0.2) is 47.3 Å². The van der Waals surface area contributed by atoms with Crippen LogP contribution in [0.4, 0.5) is 10.5 Å². The molecule has 0 bridgehead atoms. The van der Waals surface area contributed by atoms with Crippen molar-refractivity contribution in [3.63, 3.8) is 0 Å². The molecule has 3 aromatic rings. The molecule has 0 atom stereocenters. The summed E-state index contributed by atoms with van der Waals surface area (Å²) in [7, 11) is 3.09. The molecule has 0 spiro atoms. The van der Waals surface area contributed by atoms with Gasteiger partial charge in [0.25, 0.3) is 5.56 Å². The zero-order chi connectivity index (χ0) is 23.2. The summed E-state index contributed by atoms with van der Waals surface area (Å²) >= 11 is 0. The van der Waals surface area contributed by atoms with Gasteiger partial charge in [-0.3, -0.25) is 4.79 Å². The van der Waals surface area contributed by atoms with Crippen molar-refractivity contribution >= 4 is 22.5 Å². The van der Waals surface area contributed by atoms with Gasteiger partial charge in [-0.1, -0.05) is 18.2 Å². The number of carbonyl (C=O) groups excluding carboxylic acids is 1. The molecule has 9 nitrogen and oxygen atoms in total. The van der Waals surface area contributed by atoms with E-state index < -0.39 is 0 Å². The smallest absolute Gasteiger partial charge is 0.319 e. The fourth-order valence-corrected chi connectivity index (χ4v) is 4.08. The molecule has 2 aromatic carbocycles. The number of nitrogens with one attached hydrogen (secondary N) is 2. The molecule has 4 rings (SSSR count). The summed E-state index contributed by atoms with van der Waals surface area (Å²) in [5, 5.41) is 11.6. The molecule has 33 heavy (non-hydrogen) atoms. The molecular weight excluding hydrogens is 422 g/mol. The van der Waals surface area contributed by atoms with Gasteiger partial charge < -0.3 is 25.0 Å². The van der Waals surface area contributed by atoms with E-state index in [1.165, 1.54) is 24.6 Å². The molecule has 0 radical (unpaired) electrons. The number of hydrogen-bond acceptors (Lipinski definition) is 6. The Labute approximate surface area is 192 Å². The van der Waals surface area contributed by atoms with Crippen molar-refractivity contribution in [1.82, 2.24) is 20.0 Å². The van der Waals surface area contributed by atoms with Crippen LogP contribution < -0.4 is 25.7 Å². The van der Waals surface area contributed by atoms with E-state index in [1.54, 1.807) is 31.4 Å². The van der Waals surface area contributed by atoms with E-state index in [9.17, 15) is 9.59 Å². The van der Waals surface area contributed by atoms with E-state index in [-0.39, 0.29) is 18.1 Å². The van der Waals surface area contributed by atoms with Gasteiger partial charge in [0.15, 0.2) is 11.5 Å². The predicted octanol–water partition coefficient (Wildman–Crippen LogP) is 2.83. The Morgan fingerprint density at radius 2 is 1.73 bits per heavy atom. The van der Waals surface area contributed by atoms with Crippen molar-refractivity contribution < 1.29 is 14.3 Å². The van der Waals surface area contributed by atoms with Gasteiger partial charge >= 0.3 is 6.03 Å². The van der Waals surface area contributed by atoms with Crippen LogP contribution in [-0.4, -0.2) is 54.6 Å². The Morgan fingerprint density at radius 3 is 2.45 bits per heavy atom. The lowest BCUT2D eigenvalue weighted by Crippen LogP contribution is -2.33. The third kappa shape index (κ3) is 5.25. The lowest BCUT2D eigenvalue weighted by Gasteiger charge is -2.16. The minimum absolute atomic E-state index is 0.108. The Balaban J connectivity index is 1.48. The molecule has 1 saturated heterocycles. The van der Waals surface area contributed by atoms with E-state index in [2.05, 4.69) is 20.6 Å². The SMILES string of the molecule is COc1ccc(NC(=O)NCc2nn(CCN3CCCC3)c(=O)c3ccccc23)cc1OC. The summed E-state index contributed by atoms with van der Waals surface area (Å²) in [5.41, 5.74) is 1.11. The van der Waals surface area contributed by atoms with E-state index in [1.807, 2.05) is 18.2 Å². The predicted molar refractivity (Wildman–Crippen MR) is 127 cm³/mol. The molecule has 2 amide bonds. The van der Waals surface area contributed by atoms with Crippen LogP contribution in [0.3, 0.4) is 0 Å². The maximum atomic E-state index is 12.9. The van der Waals surface area contributed by atoms with Crippen LogP contribution in [0.1, 0.15) is 18.5 Å². The van der Waals surface area contributed by atoms with Gasteiger partial charge in [0.1, 0.15) is 0 Å². The topological polar surface area (TPSA) is 97.7 Å². The molecule has 1 fully saturated rings. The van der Waals surface area contributed by atoms with Crippen LogP contribution in [0.2, 0.25) is 0 Å². The van der Waals surface area contributed by atoms with E-state index in [0.29, 0.717) is 34.8 Å². The van der Waals surface area contributed by atoms with Gasteiger partial charge in [0, 0.05) is 23.7 Å². The van der Waals surface area contributed by atoms with Crippen LogP contribution in [-0.2, 0) is 13.1 Å². The second-order valence-corrected chi connectivity index (χ2v) is 7.95. The van der Waals surface area contributed by atoms with Crippen molar-refractivity contribution in [2.75, 3.05) is 39.2 Å². The average Bonchev–Trinajstić information content (AvgIpc) is 3.36. The summed E-state index contributed by atoms with van der Waals surface area (Å²) in [4.78, 5) is 27.8. The minimum atomic E-state index is -0.386. The second kappa shape index (κ2) is 10.4. The molecular formula is C24H29N5O4. The summed E-state index contributed by atoms with van der Waals surface area (Å²) in [6, 6.07) is 12.1. The monoisotopic (exact) mass is 451 g/mol. The maximum absolute atomic E-state index is 12.9. The first-order valence-corrected chi connectivity index (χ1v) is 11.1. The van der Waals surface area contributed by atoms with Gasteiger partial charge in [0.05, 0.1) is 38.4 Å². The molecule has 1 aliphatic heterocycles. The zero-order valence-electron chi connectivity index (χ0n) is 19.0. The largest absolute Gasteiger partial charge is 0.493 e. The molecule has 2 N–H and O–H groups in total. The normalized spacial score (nSPS) is 13.8. The Bertz CT molecular complexity index is 1190. The van der Waals surface area contributed by atoms with Gasteiger partial charge in [0.2, 0.25) is 0 Å². The lowest BCUT2D eigenvalue weighted by atomic mass is 10.1. The van der Waals surface area contributed by atoms with Crippen molar-refractivity contribution in [3.8, 4) is 11.5 Å². The minimum Gasteiger partial charge on any atom is -0.493 e. The molecule has 1 aliphatic rings. The molecule has 174 valence electrons. The number of likely N-dealkylation sites (tertiary alicyclic amines) is 1. The number of methoxy groups -OCH3 is 2. The average molecular weight is 452 g/mol. The van der Waals surface area contributed by atoms with Crippen molar-refractivity contribution in [2.24, 2.45) is 0 Å². The third-order valence-electron chi connectivity index (χ3n) is 5.83. The number of nitrogens with zero attached hydrogens (tertiary/aromatic N) is 3. The number of ether oxygens (including phenoxy) is 2. The van der Waals surface area contributed by atoms with Gasteiger partial charge in [-0.05, 0) is 44.1 Å². The molecule has 2 heterocycles. The quantitative estimate of drug-likeness (QED) is 0.547. The first-order valence-electron chi connectivity index (χ1n) is 11.1. The Morgan fingerprint density at radius 1 is 1.00 bits per heavy atom.